The Labute approximate surface area is 116 Å². The van der Waals surface area contributed by atoms with Crippen LogP contribution in [0.3, 0.4) is 0 Å². The standard InChI is InChI=1S/C15H15FN2O2/c1-9-2-5-13(17)14(6-9)20-8-11-4-3-10(15(18)19)7-12(11)16/h2-7H,8,17H2,1H3,(H2,18,19). The first-order valence-electron chi connectivity index (χ1n) is 6.04. The van der Waals surface area contributed by atoms with Crippen molar-refractivity contribution in [1.29, 1.82) is 0 Å². The van der Waals surface area contributed by atoms with E-state index in [9.17, 15) is 9.18 Å². The van der Waals surface area contributed by atoms with E-state index in [2.05, 4.69) is 0 Å². The number of rotatable bonds is 4. The lowest BCUT2D eigenvalue weighted by molar-refractivity contribution is 0.0999. The van der Waals surface area contributed by atoms with Gasteiger partial charge in [0.15, 0.2) is 0 Å². The molecule has 0 saturated carbocycles. The Morgan fingerprint density at radius 2 is 2.00 bits per heavy atom. The second-order valence-corrected chi connectivity index (χ2v) is 4.50. The maximum Gasteiger partial charge on any atom is 0.248 e. The van der Waals surface area contributed by atoms with Crippen molar-refractivity contribution in [3.63, 3.8) is 0 Å². The Hall–Kier alpha value is -2.56. The van der Waals surface area contributed by atoms with Crippen molar-refractivity contribution in [1.82, 2.24) is 0 Å². The predicted molar refractivity (Wildman–Crippen MR) is 74.8 cm³/mol. The lowest BCUT2D eigenvalue weighted by Crippen LogP contribution is -2.12. The number of anilines is 1. The van der Waals surface area contributed by atoms with Gasteiger partial charge < -0.3 is 16.2 Å². The molecule has 2 aromatic rings. The highest BCUT2D eigenvalue weighted by Gasteiger charge is 2.08. The highest BCUT2D eigenvalue weighted by molar-refractivity contribution is 5.92. The van der Waals surface area contributed by atoms with E-state index < -0.39 is 11.7 Å². The van der Waals surface area contributed by atoms with Crippen molar-refractivity contribution in [2.75, 3.05) is 5.73 Å². The summed E-state index contributed by atoms with van der Waals surface area (Å²) in [7, 11) is 0. The minimum Gasteiger partial charge on any atom is -0.487 e. The smallest absolute Gasteiger partial charge is 0.248 e. The Morgan fingerprint density at radius 3 is 2.65 bits per heavy atom. The number of aryl methyl sites for hydroxylation is 1. The average molecular weight is 274 g/mol. The number of carbonyl (C=O) groups excluding carboxylic acids is 1. The molecule has 0 aromatic heterocycles. The highest BCUT2D eigenvalue weighted by atomic mass is 19.1. The second kappa shape index (κ2) is 5.61. The largest absolute Gasteiger partial charge is 0.487 e. The van der Waals surface area contributed by atoms with E-state index >= 15 is 0 Å². The molecule has 0 unspecified atom stereocenters. The Kier molecular flexibility index (Phi) is 3.89. The van der Waals surface area contributed by atoms with Crippen LogP contribution in [0, 0.1) is 12.7 Å². The fourth-order valence-electron chi connectivity index (χ4n) is 1.74. The highest BCUT2D eigenvalue weighted by Crippen LogP contribution is 2.24. The van der Waals surface area contributed by atoms with Gasteiger partial charge in [-0.25, -0.2) is 4.39 Å². The summed E-state index contributed by atoms with van der Waals surface area (Å²) in [5.74, 6) is -0.699. The molecule has 4 nitrogen and oxygen atoms in total. The van der Waals surface area contributed by atoms with Crippen LogP contribution in [-0.4, -0.2) is 5.91 Å². The number of benzene rings is 2. The van der Waals surface area contributed by atoms with E-state index in [1.54, 1.807) is 12.1 Å². The lowest BCUT2D eigenvalue weighted by atomic mass is 10.1. The van der Waals surface area contributed by atoms with Crippen molar-refractivity contribution < 1.29 is 13.9 Å². The van der Waals surface area contributed by atoms with E-state index in [0.29, 0.717) is 17.0 Å². The van der Waals surface area contributed by atoms with Gasteiger partial charge in [-0.2, -0.15) is 0 Å². The zero-order chi connectivity index (χ0) is 14.7. The molecule has 1 amide bonds. The SMILES string of the molecule is Cc1ccc(N)c(OCc2ccc(C(N)=O)cc2F)c1. The normalized spacial score (nSPS) is 10.3. The molecule has 5 heteroatoms. The molecule has 0 fully saturated rings. The molecule has 0 heterocycles. The average Bonchev–Trinajstić information content (AvgIpc) is 2.40. The molecular weight excluding hydrogens is 259 g/mol. The third kappa shape index (κ3) is 3.06. The summed E-state index contributed by atoms with van der Waals surface area (Å²) < 4.78 is 19.3. The van der Waals surface area contributed by atoms with Crippen LogP contribution in [-0.2, 0) is 6.61 Å². The van der Waals surface area contributed by atoms with Gasteiger partial charge in [0.1, 0.15) is 18.2 Å². The summed E-state index contributed by atoms with van der Waals surface area (Å²) in [5.41, 5.74) is 12.8. The van der Waals surface area contributed by atoms with Crippen LogP contribution in [0.25, 0.3) is 0 Å². The number of nitrogens with two attached hydrogens (primary N) is 2. The summed E-state index contributed by atoms with van der Waals surface area (Å²) >= 11 is 0. The molecule has 4 N–H and O–H groups in total. The minimum atomic E-state index is -0.667. The molecule has 0 atom stereocenters. The van der Waals surface area contributed by atoms with Gasteiger partial charge in [-0.05, 0) is 36.8 Å². The lowest BCUT2D eigenvalue weighted by Gasteiger charge is -2.10. The summed E-state index contributed by atoms with van der Waals surface area (Å²) in [4.78, 5) is 10.9. The van der Waals surface area contributed by atoms with Crippen molar-refractivity contribution in [3.05, 3.63) is 58.9 Å². The molecule has 0 saturated heterocycles. The number of ether oxygens (including phenoxy) is 1. The van der Waals surface area contributed by atoms with E-state index in [4.69, 9.17) is 16.2 Å². The van der Waals surface area contributed by atoms with Gasteiger partial charge in [0, 0.05) is 11.1 Å². The fourth-order valence-corrected chi connectivity index (χ4v) is 1.74. The number of hydrogen-bond donors (Lipinski definition) is 2. The summed E-state index contributed by atoms with van der Waals surface area (Å²) in [6.07, 6.45) is 0. The van der Waals surface area contributed by atoms with Crippen molar-refractivity contribution in [2.24, 2.45) is 5.73 Å². The third-order valence-electron chi connectivity index (χ3n) is 2.89. The van der Waals surface area contributed by atoms with Gasteiger partial charge in [-0.1, -0.05) is 12.1 Å². The topological polar surface area (TPSA) is 78.3 Å². The summed E-state index contributed by atoms with van der Waals surface area (Å²) in [5, 5.41) is 0. The van der Waals surface area contributed by atoms with Crippen LogP contribution in [0.1, 0.15) is 21.5 Å². The maximum absolute atomic E-state index is 13.8. The number of primary amides is 1. The number of carbonyl (C=O) groups is 1. The molecule has 0 bridgehead atoms. The maximum atomic E-state index is 13.8. The molecule has 0 spiro atoms. The molecule has 0 aliphatic carbocycles. The first-order valence-corrected chi connectivity index (χ1v) is 6.04. The van der Waals surface area contributed by atoms with Gasteiger partial charge in [-0.15, -0.1) is 0 Å². The molecule has 2 rings (SSSR count). The fraction of sp³-hybridized carbons (Fsp3) is 0.133. The predicted octanol–water partition coefficient (Wildman–Crippen LogP) is 2.39. The zero-order valence-corrected chi connectivity index (χ0v) is 11.0. The van der Waals surface area contributed by atoms with Crippen molar-refractivity contribution in [3.8, 4) is 5.75 Å². The van der Waals surface area contributed by atoms with E-state index in [-0.39, 0.29) is 12.2 Å². The molecule has 0 radical (unpaired) electrons. The van der Waals surface area contributed by atoms with Gasteiger partial charge in [0.2, 0.25) is 5.91 Å². The first kappa shape index (κ1) is 13.9. The zero-order valence-electron chi connectivity index (χ0n) is 11.0. The van der Waals surface area contributed by atoms with Crippen molar-refractivity contribution >= 4 is 11.6 Å². The van der Waals surface area contributed by atoms with Crippen LogP contribution in [0.2, 0.25) is 0 Å². The van der Waals surface area contributed by atoms with Crippen molar-refractivity contribution in [2.45, 2.75) is 13.5 Å². The summed E-state index contributed by atoms with van der Waals surface area (Å²) in [6.45, 7) is 1.94. The Bertz CT molecular complexity index is 656. The number of hydrogen-bond acceptors (Lipinski definition) is 3. The van der Waals surface area contributed by atoms with Gasteiger partial charge in [0.25, 0.3) is 0 Å². The van der Waals surface area contributed by atoms with Crippen LogP contribution in [0.5, 0.6) is 5.75 Å². The Balaban J connectivity index is 2.15. The van der Waals surface area contributed by atoms with Gasteiger partial charge in [-0.3, -0.25) is 4.79 Å². The number of amides is 1. The number of halogens is 1. The van der Waals surface area contributed by atoms with Crippen LogP contribution in [0.4, 0.5) is 10.1 Å². The molecular formula is C15H15FN2O2. The van der Waals surface area contributed by atoms with Gasteiger partial charge >= 0.3 is 0 Å². The second-order valence-electron chi connectivity index (χ2n) is 4.50. The van der Waals surface area contributed by atoms with Crippen LogP contribution < -0.4 is 16.2 Å². The van der Waals surface area contributed by atoms with E-state index in [1.807, 2.05) is 13.0 Å². The van der Waals surface area contributed by atoms with E-state index in [0.717, 1.165) is 11.6 Å². The molecule has 0 aliphatic heterocycles. The first-order chi connectivity index (χ1) is 9.47. The Morgan fingerprint density at radius 1 is 1.25 bits per heavy atom. The number of nitrogen functional groups attached to an aromatic ring is 1. The van der Waals surface area contributed by atoms with Crippen LogP contribution in [0.15, 0.2) is 36.4 Å². The van der Waals surface area contributed by atoms with Gasteiger partial charge in [0.05, 0.1) is 5.69 Å². The van der Waals surface area contributed by atoms with Crippen LogP contribution >= 0.6 is 0 Å². The minimum absolute atomic E-state index is 0.0263. The molecule has 20 heavy (non-hydrogen) atoms. The molecule has 104 valence electrons. The summed E-state index contributed by atoms with van der Waals surface area (Å²) in [6, 6.07) is 9.42. The van der Waals surface area contributed by atoms with E-state index in [1.165, 1.54) is 12.1 Å². The third-order valence-corrected chi connectivity index (χ3v) is 2.89. The molecule has 0 aliphatic rings. The molecule has 2 aromatic carbocycles. The monoisotopic (exact) mass is 274 g/mol. The quantitative estimate of drug-likeness (QED) is 0.840.